The van der Waals surface area contributed by atoms with Crippen LogP contribution in [0.3, 0.4) is 0 Å². The molecule has 0 amide bonds. The molecule has 0 spiro atoms. The first-order valence-corrected chi connectivity index (χ1v) is 4.61. The maximum Gasteiger partial charge on any atom is 0.128 e. The summed E-state index contributed by atoms with van der Waals surface area (Å²) in [7, 11) is 0. The number of hydrogen-bond acceptors (Lipinski definition) is 2. The topological polar surface area (TPSA) is 35.8 Å². The number of benzene rings is 1. The lowest BCUT2D eigenvalue weighted by Crippen LogP contribution is -2.03. The van der Waals surface area contributed by atoms with E-state index in [1.54, 1.807) is 13.0 Å². The van der Waals surface area contributed by atoms with E-state index in [4.69, 9.17) is 5.26 Å². The Kier molecular flexibility index (Phi) is 3.93. The molecule has 2 nitrogen and oxygen atoms in total. The monoisotopic (exact) mass is 192 g/mol. The van der Waals surface area contributed by atoms with Gasteiger partial charge in [0.15, 0.2) is 0 Å². The van der Waals surface area contributed by atoms with Crippen LogP contribution in [0.1, 0.15) is 18.4 Å². The van der Waals surface area contributed by atoms with Crippen molar-refractivity contribution in [1.82, 2.24) is 0 Å². The summed E-state index contributed by atoms with van der Waals surface area (Å²) in [4.78, 5) is 0. The van der Waals surface area contributed by atoms with E-state index in [1.807, 2.05) is 6.07 Å². The molecule has 1 aromatic carbocycles. The molecule has 1 N–H and O–H groups in total. The molecule has 0 atom stereocenters. The largest absolute Gasteiger partial charge is 0.385 e. The minimum atomic E-state index is -0.199. The molecule has 0 aliphatic rings. The molecule has 0 radical (unpaired) electrons. The molecule has 74 valence electrons. The summed E-state index contributed by atoms with van der Waals surface area (Å²) in [5.41, 5.74) is 1.44. The van der Waals surface area contributed by atoms with Crippen molar-refractivity contribution in [2.24, 2.45) is 0 Å². The third-order valence-electron chi connectivity index (χ3n) is 2.05. The van der Waals surface area contributed by atoms with Crippen molar-refractivity contribution in [3.8, 4) is 6.07 Å². The zero-order chi connectivity index (χ0) is 10.4. The Morgan fingerprint density at radius 1 is 1.50 bits per heavy atom. The highest BCUT2D eigenvalue weighted by Crippen LogP contribution is 2.17. The predicted octanol–water partition coefficient (Wildman–Crippen LogP) is 2.85. The Hall–Kier alpha value is -1.56. The lowest BCUT2D eigenvalue weighted by Gasteiger charge is -2.08. The van der Waals surface area contributed by atoms with E-state index < -0.39 is 0 Å². The van der Waals surface area contributed by atoms with Crippen LogP contribution in [-0.2, 0) is 0 Å². The van der Waals surface area contributed by atoms with E-state index in [2.05, 4.69) is 11.4 Å². The Bertz CT molecular complexity index is 342. The molecule has 0 fully saturated rings. The van der Waals surface area contributed by atoms with Gasteiger partial charge in [-0.25, -0.2) is 4.39 Å². The van der Waals surface area contributed by atoms with Gasteiger partial charge >= 0.3 is 0 Å². The number of hydrogen-bond donors (Lipinski definition) is 1. The molecule has 0 heterocycles. The van der Waals surface area contributed by atoms with E-state index in [-0.39, 0.29) is 5.82 Å². The van der Waals surface area contributed by atoms with E-state index >= 15 is 0 Å². The SMILES string of the molecule is Cc1c(F)cccc1NCCCC#N. The number of unbranched alkanes of at least 4 members (excludes halogenated alkanes) is 1. The Labute approximate surface area is 83.4 Å². The highest BCUT2D eigenvalue weighted by molar-refractivity contribution is 5.50. The number of nitrogens with one attached hydrogen (secondary N) is 1. The molecule has 3 heteroatoms. The quantitative estimate of drug-likeness (QED) is 0.744. The molecule has 0 aliphatic carbocycles. The summed E-state index contributed by atoms with van der Waals surface area (Å²) < 4.78 is 13.1. The number of nitrogens with zero attached hydrogens (tertiary/aromatic N) is 1. The molecule has 1 rings (SSSR count). The standard InChI is InChI=1S/C11H13FN2/c1-9-10(12)5-4-6-11(9)14-8-3-2-7-13/h4-6,14H,2-3,8H2,1H3. The Morgan fingerprint density at radius 3 is 3.00 bits per heavy atom. The Morgan fingerprint density at radius 2 is 2.29 bits per heavy atom. The third-order valence-corrected chi connectivity index (χ3v) is 2.05. The first kappa shape index (κ1) is 10.5. The highest BCUT2D eigenvalue weighted by Gasteiger charge is 2.01. The van der Waals surface area contributed by atoms with Gasteiger partial charge in [-0.2, -0.15) is 5.26 Å². The molecular formula is C11H13FN2. The minimum absolute atomic E-state index is 0.199. The summed E-state index contributed by atoms with van der Waals surface area (Å²) in [5.74, 6) is -0.199. The van der Waals surface area contributed by atoms with Crippen LogP contribution in [0.5, 0.6) is 0 Å². The van der Waals surface area contributed by atoms with Crippen LogP contribution in [0.4, 0.5) is 10.1 Å². The number of nitriles is 1. The maximum absolute atomic E-state index is 13.1. The normalized spacial score (nSPS) is 9.50. The van der Waals surface area contributed by atoms with Crippen LogP contribution in [0.15, 0.2) is 18.2 Å². The van der Waals surface area contributed by atoms with Crippen LogP contribution in [0, 0.1) is 24.1 Å². The van der Waals surface area contributed by atoms with Gasteiger partial charge in [-0.1, -0.05) is 6.07 Å². The van der Waals surface area contributed by atoms with Gasteiger partial charge in [-0.3, -0.25) is 0 Å². The second kappa shape index (κ2) is 5.23. The fourth-order valence-corrected chi connectivity index (χ4v) is 1.19. The molecule has 1 aromatic rings. The van der Waals surface area contributed by atoms with Crippen molar-refractivity contribution in [1.29, 1.82) is 5.26 Å². The van der Waals surface area contributed by atoms with Gasteiger partial charge < -0.3 is 5.32 Å². The highest BCUT2D eigenvalue weighted by atomic mass is 19.1. The van der Waals surface area contributed by atoms with Gasteiger partial charge in [-0.15, -0.1) is 0 Å². The fourth-order valence-electron chi connectivity index (χ4n) is 1.19. The summed E-state index contributed by atoms with van der Waals surface area (Å²) in [6.07, 6.45) is 1.31. The lowest BCUT2D eigenvalue weighted by atomic mass is 10.2. The smallest absolute Gasteiger partial charge is 0.128 e. The van der Waals surface area contributed by atoms with Gasteiger partial charge in [0.2, 0.25) is 0 Å². The van der Waals surface area contributed by atoms with Crippen LogP contribution in [-0.4, -0.2) is 6.54 Å². The lowest BCUT2D eigenvalue weighted by molar-refractivity contribution is 0.619. The summed E-state index contributed by atoms with van der Waals surface area (Å²) in [6, 6.07) is 7.02. The molecule has 0 saturated heterocycles. The second-order valence-corrected chi connectivity index (χ2v) is 3.10. The molecule has 0 saturated carbocycles. The van der Waals surface area contributed by atoms with E-state index in [0.29, 0.717) is 18.5 Å². The average Bonchev–Trinajstić information content (AvgIpc) is 2.19. The summed E-state index contributed by atoms with van der Waals surface area (Å²) in [6.45, 7) is 2.44. The van der Waals surface area contributed by atoms with Crippen molar-refractivity contribution in [3.05, 3.63) is 29.6 Å². The third kappa shape index (κ3) is 2.74. The molecule has 0 bridgehead atoms. The van der Waals surface area contributed by atoms with E-state index in [9.17, 15) is 4.39 Å². The van der Waals surface area contributed by atoms with Crippen molar-refractivity contribution in [3.63, 3.8) is 0 Å². The van der Waals surface area contributed by atoms with Crippen molar-refractivity contribution in [2.45, 2.75) is 19.8 Å². The second-order valence-electron chi connectivity index (χ2n) is 3.10. The van der Waals surface area contributed by atoms with Crippen LogP contribution >= 0.6 is 0 Å². The van der Waals surface area contributed by atoms with E-state index in [1.165, 1.54) is 6.07 Å². The predicted molar refractivity (Wildman–Crippen MR) is 54.5 cm³/mol. The van der Waals surface area contributed by atoms with Gasteiger partial charge in [0.25, 0.3) is 0 Å². The van der Waals surface area contributed by atoms with Crippen LogP contribution in [0.2, 0.25) is 0 Å². The summed E-state index contributed by atoms with van der Waals surface area (Å²) >= 11 is 0. The average molecular weight is 192 g/mol. The van der Waals surface area contributed by atoms with Crippen molar-refractivity contribution >= 4 is 5.69 Å². The molecule has 0 unspecified atom stereocenters. The van der Waals surface area contributed by atoms with E-state index in [0.717, 1.165) is 12.1 Å². The minimum Gasteiger partial charge on any atom is -0.385 e. The zero-order valence-electron chi connectivity index (χ0n) is 8.18. The molecule has 14 heavy (non-hydrogen) atoms. The number of anilines is 1. The fraction of sp³-hybridized carbons (Fsp3) is 0.364. The zero-order valence-corrected chi connectivity index (χ0v) is 8.18. The molecule has 0 aromatic heterocycles. The summed E-state index contributed by atoms with van der Waals surface area (Å²) in [5, 5.41) is 11.4. The van der Waals surface area contributed by atoms with Crippen LogP contribution < -0.4 is 5.32 Å². The van der Waals surface area contributed by atoms with Gasteiger partial charge in [-0.05, 0) is 25.5 Å². The van der Waals surface area contributed by atoms with Gasteiger partial charge in [0.1, 0.15) is 5.82 Å². The van der Waals surface area contributed by atoms with Crippen molar-refractivity contribution < 1.29 is 4.39 Å². The molecule has 0 aliphatic heterocycles. The number of rotatable bonds is 4. The molecular weight excluding hydrogens is 179 g/mol. The van der Waals surface area contributed by atoms with Crippen molar-refractivity contribution in [2.75, 3.05) is 11.9 Å². The maximum atomic E-state index is 13.1. The Balaban J connectivity index is 2.51. The first-order valence-electron chi connectivity index (χ1n) is 4.61. The first-order chi connectivity index (χ1) is 6.75. The number of halogens is 1. The van der Waals surface area contributed by atoms with Gasteiger partial charge in [0, 0.05) is 24.2 Å². The van der Waals surface area contributed by atoms with Crippen LogP contribution in [0.25, 0.3) is 0 Å². The van der Waals surface area contributed by atoms with Gasteiger partial charge in [0.05, 0.1) is 6.07 Å².